The van der Waals surface area contributed by atoms with Gasteiger partial charge in [-0.25, -0.2) is 4.98 Å². The van der Waals surface area contributed by atoms with Gasteiger partial charge in [-0.3, -0.25) is 0 Å². The number of nitrogens with one attached hydrogen (secondary N) is 1. The van der Waals surface area contributed by atoms with Crippen LogP contribution in [0.2, 0.25) is 0 Å². The van der Waals surface area contributed by atoms with Crippen LogP contribution in [0.3, 0.4) is 0 Å². The first-order valence-electron chi connectivity index (χ1n) is 6.25. The lowest BCUT2D eigenvalue weighted by molar-refractivity contribution is 0.456. The number of anilines is 1. The lowest BCUT2D eigenvalue weighted by atomic mass is 10.3. The van der Waals surface area contributed by atoms with Crippen molar-refractivity contribution in [2.24, 2.45) is 0 Å². The molecule has 1 aliphatic carbocycles. The molecule has 0 amide bonds. The lowest BCUT2D eigenvalue weighted by Gasteiger charge is -2.09. The van der Waals surface area contributed by atoms with E-state index in [0.717, 1.165) is 21.0 Å². The van der Waals surface area contributed by atoms with Gasteiger partial charge in [-0.2, -0.15) is 4.98 Å². The minimum absolute atomic E-state index is 0.505. The van der Waals surface area contributed by atoms with Crippen LogP contribution >= 0.6 is 22.6 Å². The number of para-hydroxylation sites is 1. The zero-order valence-electron chi connectivity index (χ0n) is 10.6. The van der Waals surface area contributed by atoms with Crippen LogP contribution in [0.4, 0.5) is 5.82 Å². The Morgan fingerprint density at radius 1 is 1.26 bits per heavy atom. The molecule has 5 heteroatoms. The van der Waals surface area contributed by atoms with E-state index in [1.807, 2.05) is 37.4 Å². The molecule has 0 bridgehead atoms. The molecule has 3 rings (SSSR count). The molecule has 0 aliphatic heterocycles. The molecule has 1 aliphatic rings. The first-order chi connectivity index (χ1) is 9.26. The summed E-state index contributed by atoms with van der Waals surface area (Å²) in [5.41, 5.74) is 0. The van der Waals surface area contributed by atoms with Crippen LogP contribution in [0.1, 0.15) is 24.6 Å². The minimum atomic E-state index is 0.505. The number of rotatable bonds is 4. The van der Waals surface area contributed by atoms with Crippen molar-refractivity contribution in [3.05, 3.63) is 39.7 Å². The van der Waals surface area contributed by atoms with Gasteiger partial charge in [0.15, 0.2) is 0 Å². The molecule has 0 radical (unpaired) electrons. The summed E-state index contributed by atoms with van der Waals surface area (Å²) in [4.78, 5) is 8.98. The molecule has 1 aromatic carbocycles. The third kappa shape index (κ3) is 2.97. The quantitative estimate of drug-likeness (QED) is 0.836. The van der Waals surface area contributed by atoms with E-state index in [1.165, 1.54) is 12.8 Å². The van der Waals surface area contributed by atoms with E-state index >= 15 is 0 Å². The second-order valence-electron chi connectivity index (χ2n) is 4.51. The molecule has 1 fully saturated rings. The maximum atomic E-state index is 5.87. The second kappa shape index (κ2) is 5.32. The summed E-state index contributed by atoms with van der Waals surface area (Å²) in [6.07, 6.45) is 2.35. The third-order valence-corrected chi connectivity index (χ3v) is 3.86. The van der Waals surface area contributed by atoms with Gasteiger partial charge in [-0.15, -0.1) is 0 Å². The van der Waals surface area contributed by atoms with E-state index in [1.54, 1.807) is 0 Å². The Balaban J connectivity index is 1.91. The molecule has 4 nitrogen and oxygen atoms in total. The van der Waals surface area contributed by atoms with Crippen molar-refractivity contribution in [3.63, 3.8) is 0 Å². The highest BCUT2D eigenvalue weighted by Gasteiger charge is 2.27. The zero-order valence-corrected chi connectivity index (χ0v) is 12.7. The van der Waals surface area contributed by atoms with Crippen LogP contribution in [0.5, 0.6) is 11.6 Å². The molecule has 0 atom stereocenters. The molecular weight excluding hydrogens is 353 g/mol. The Morgan fingerprint density at radius 2 is 2.05 bits per heavy atom. The van der Waals surface area contributed by atoms with E-state index < -0.39 is 0 Å². The van der Waals surface area contributed by atoms with E-state index in [0.29, 0.717) is 11.8 Å². The Bertz CT molecular complexity index is 599. The highest BCUT2D eigenvalue weighted by molar-refractivity contribution is 14.1. The van der Waals surface area contributed by atoms with Gasteiger partial charge in [-0.05, 0) is 47.6 Å². The molecule has 0 unspecified atom stereocenters. The normalized spacial score (nSPS) is 14.2. The summed E-state index contributed by atoms with van der Waals surface area (Å²) < 4.78 is 6.94. The molecule has 1 N–H and O–H groups in total. The Hall–Kier alpha value is -1.37. The summed E-state index contributed by atoms with van der Waals surface area (Å²) in [7, 11) is 1.86. The smallest absolute Gasteiger partial charge is 0.224 e. The first kappa shape index (κ1) is 12.7. The Kier molecular flexibility index (Phi) is 3.54. The predicted molar refractivity (Wildman–Crippen MR) is 82.8 cm³/mol. The molecule has 0 saturated heterocycles. The lowest BCUT2D eigenvalue weighted by Crippen LogP contribution is -2.01. The SMILES string of the molecule is CNc1cc(Oc2ccccc2I)nc(C2CC2)n1. The van der Waals surface area contributed by atoms with Crippen LogP contribution < -0.4 is 10.1 Å². The fourth-order valence-electron chi connectivity index (χ4n) is 1.79. The number of hydrogen-bond donors (Lipinski definition) is 1. The molecule has 1 heterocycles. The summed E-state index contributed by atoms with van der Waals surface area (Å²) in [6.45, 7) is 0. The van der Waals surface area contributed by atoms with Crippen molar-refractivity contribution in [2.75, 3.05) is 12.4 Å². The van der Waals surface area contributed by atoms with Crippen molar-refractivity contribution in [1.29, 1.82) is 0 Å². The average molecular weight is 367 g/mol. The fraction of sp³-hybridized carbons (Fsp3) is 0.286. The van der Waals surface area contributed by atoms with Crippen molar-refractivity contribution in [1.82, 2.24) is 9.97 Å². The molecule has 98 valence electrons. The van der Waals surface area contributed by atoms with E-state index in [9.17, 15) is 0 Å². The van der Waals surface area contributed by atoms with E-state index in [-0.39, 0.29) is 0 Å². The van der Waals surface area contributed by atoms with Gasteiger partial charge in [0.25, 0.3) is 0 Å². The van der Waals surface area contributed by atoms with Gasteiger partial charge in [0.2, 0.25) is 5.88 Å². The zero-order chi connectivity index (χ0) is 13.2. The van der Waals surface area contributed by atoms with Crippen LogP contribution in [0.25, 0.3) is 0 Å². The number of aromatic nitrogens is 2. The fourth-order valence-corrected chi connectivity index (χ4v) is 2.28. The number of nitrogens with zero attached hydrogens (tertiary/aromatic N) is 2. The minimum Gasteiger partial charge on any atom is -0.438 e. The predicted octanol–water partition coefficient (Wildman–Crippen LogP) is 3.79. The average Bonchev–Trinajstić information content (AvgIpc) is 3.25. The number of hydrogen-bond acceptors (Lipinski definition) is 4. The summed E-state index contributed by atoms with van der Waals surface area (Å²) in [5.74, 6) is 3.62. The van der Waals surface area contributed by atoms with Crippen molar-refractivity contribution < 1.29 is 4.74 Å². The van der Waals surface area contributed by atoms with Crippen LogP contribution in [-0.4, -0.2) is 17.0 Å². The number of benzene rings is 1. The summed E-state index contributed by atoms with van der Waals surface area (Å²) in [5, 5.41) is 3.06. The summed E-state index contributed by atoms with van der Waals surface area (Å²) >= 11 is 2.26. The summed E-state index contributed by atoms with van der Waals surface area (Å²) in [6, 6.07) is 9.73. The molecule has 19 heavy (non-hydrogen) atoms. The van der Waals surface area contributed by atoms with Gasteiger partial charge in [-0.1, -0.05) is 12.1 Å². The van der Waals surface area contributed by atoms with Gasteiger partial charge < -0.3 is 10.1 Å². The van der Waals surface area contributed by atoms with E-state index in [2.05, 4.69) is 37.9 Å². The molecule has 1 aromatic heterocycles. The molecule has 1 saturated carbocycles. The third-order valence-electron chi connectivity index (χ3n) is 2.97. The number of halogens is 1. The Labute approximate surface area is 125 Å². The highest BCUT2D eigenvalue weighted by atomic mass is 127. The largest absolute Gasteiger partial charge is 0.438 e. The molecular formula is C14H14IN3O. The van der Waals surface area contributed by atoms with Crippen LogP contribution in [-0.2, 0) is 0 Å². The maximum absolute atomic E-state index is 5.87. The topological polar surface area (TPSA) is 47.0 Å². The van der Waals surface area contributed by atoms with Crippen LogP contribution in [0.15, 0.2) is 30.3 Å². The Morgan fingerprint density at radius 3 is 2.74 bits per heavy atom. The number of ether oxygens (including phenoxy) is 1. The van der Waals surface area contributed by atoms with Gasteiger partial charge in [0, 0.05) is 19.0 Å². The maximum Gasteiger partial charge on any atom is 0.224 e. The van der Waals surface area contributed by atoms with Crippen molar-refractivity contribution >= 4 is 28.4 Å². The highest BCUT2D eigenvalue weighted by Crippen LogP contribution is 2.39. The van der Waals surface area contributed by atoms with Crippen molar-refractivity contribution in [3.8, 4) is 11.6 Å². The standard InChI is InChI=1S/C14H14IN3O/c1-16-12-8-13(18-14(17-12)9-6-7-9)19-11-5-3-2-4-10(11)15/h2-5,8-9H,6-7H2,1H3,(H,16,17,18). The second-order valence-corrected chi connectivity index (χ2v) is 5.67. The molecule has 2 aromatic rings. The van der Waals surface area contributed by atoms with Gasteiger partial charge in [0.1, 0.15) is 17.4 Å². The van der Waals surface area contributed by atoms with Crippen LogP contribution in [0, 0.1) is 3.57 Å². The van der Waals surface area contributed by atoms with Crippen molar-refractivity contribution in [2.45, 2.75) is 18.8 Å². The van der Waals surface area contributed by atoms with Gasteiger partial charge >= 0.3 is 0 Å². The monoisotopic (exact) mass is 367 g/mol. The van der Waals surface area contributed by atoms with E-state index in [4.69, 9.17) is 4.74 Å². The first-order valence-corrected chi connectivity index (χ1v) is 7.33. The molecule has 0 spiro atoms. The van der Waals surface area contributed by atoms with Gasteiger partial charge in [0.05, 0.1) is 3.57 Å².